The quantitative estimate of drug-likeness (QED) is 0.521. The van der Waals surface area contributed by atoms with Crippen molar-refractivity contribution in [1.82, 2.24) is 5.32 Å². The molecular formula is C24H25NO7. The Morgan fingerprint density at radius 3 is 1.94 bits per heavy atom. The summed E-state index contributed by atoms with van der Waals surface area (Å²) in [6.45, 7) is 1.40. The topological polar surface area (TPSA) is 100 Å². The highest BCUT2D eigenvalue weighted by Crippen LogP contribution is 2.49. The van der Waals surface area contributed by atoms with Gasteiger partial charge in [-0.1, -0.05) is 60.7 Å². The summed E-state index contributed by atoms with van der Waals surface area (Å²) in [6.07, 6.45) is -0.530. The van der Waals surface area contributed by atoms with Crippen molar-refractivity contribution in [2.75, 3.05) is 7.11 Å². The molecule has 2 aromatic rings. The first-order valence-electron chi connectivity index (χ1n) is 10.4. The summed E-state index contributed by atoms with van der Waals surface area (Å²) < 4.78 is 22.2. The highest BCUT2D eigenvalue weighted by molar-refractivity contribution is 6.13. The predicted octanol–water partition coefficient (Wildman–Crippen LogP) is 2.11. The summed E-state index contributed by atoms with van der Waals surface area (Å²) in [5.74, 6) is -3.13. The van der Waals surface area contributed by atoms with Crippen molar-refractivity contribution in [3.63, 3.8) is 0 Å². The van der Waals surface area contributed by atoms with Crippen molar-refractivity contribution < 1.29 is 33.3 Å². The zero-order valence-corrected chi connectivity index (χ0v) is 17.9. The van der Waals surface area contributed by atoms with E-state index in [2.05, 4.69) is 5.32 Å². The Kier molecular flexibility index (Phi) is 5.99. The van der Waals surface area contributed by atoms with Gasteiger partial charge in [0, 0.05) is 13.5 Å². The van der Waals surface area contributed by atoms with E-state index >= 15 is 0 Å². The molecule has 0 saturated carbocycles. The zero-order valence-electron chi connectivity index (χ0n) is 17.9. The van der Waals surface area contributed by atoms with Crippen LogP contribution < -0.4 is 5.32 Å². The van der Waals surface area contributed by atoms with Gasteiger partial charge >= 0.3 is 11.9 Å². The molecule has 2 aliphatic rings. The third-order valence-corrected chi connectivity index (χ3v) is 6.14. The third-order valence-electron chi connectivity index (χ3n) is 6.14. The van der Waals surface area contributed by atoms with Crippen LogP contribution in [0.2, 0.25) is 0 Å². The van der Waals surface area contributed by atoms with Gasteiger partial charge in [0.2, 0.25) is 5.91 Å². The van der Waals surface area contributed by atoms with Crippen molar-refractivity contribution in [3.05, 3.63) is 71.8 Å². The first-order chi connectivity index (χ1) is 15.4. The normalized spacial score (nSPS) is 25.6. The molecule has 1 amide bonds. The minimum atomic E-state index is -2.16. The number of carbonyl (C=O) groups excluding carboxylic acids is 3. The fraction of sp³-hybridized carbons (Fsp3) is 0.375. The van der Waals surface area contributed by atoms with Gasteiger partial charge in [-0.05, 0) is 18.1 Å². The van der Waals surface area contributed by atoms with Crippen LogP contribution >= 0.6 is 0 Å². The minimum absolute atomic E-state index is 0.0717. The molecule has 32 heavy (non-hydrogen) atoms. The number of rotatable bonds is 7. The van der Waals surface area contributed by atoms with Crippen LogP contribution in [0, 0.1) is 5.92 Å². The highest BCUT2D eigenvalue weighted by atomic mass is 16.7. The lowest BCUT2D eigenvalue weighted by Gasteiger charge is -2.37. The van der Waals surface area contributed by atoms with Crippen molar-refractivity contribution >= 4 is 17.8 Å². The summed E-state index contributed by atoms with van der Waals surface area (Å²) in [5.41, 5.74) is -2.22. The first-order valence-corrected chi connectivity index (χ1v) is 10.4. The molecule has 2 aliphatic heterocycles. The molecule has 8 nitrogen and oxygen atoms in total. The second-order valence-electron chi connectivity index (χ2n) is 8.04. The molecule has 3 atom stereocenters. The van der Waals surface area contributed by atoms with Gasteiger partial charge in [0.05, 0.1) is 5.92 Å². The maximum absolute atomic E-state index is 13.4. The summed E-state index contributed by atoms with van der Waals surface area (Å²) in [7, 11) is 1.44. The molecule has 1 N–H and O–H groups in total. The van der Waals surface area contributed by atoms with E-state index in [0.717, 1.165) is 11.1 Å². The Bertz CT molecular complexity index is 938. The van der Waals surface area contributed by atoms with Gasteiger partial charge in [-0.2, -0.15) is 0 Å². The van der Waals surface area contributed by atoms with Gasteiger partial charge in [0.25, 0.3) is 5.54 Å². The van der Waals surface area contributed by atoms with Gasteiger partial charge < -0.3 is 24.3 Å². The van der Waals surface area contributed by atoms with Crippen LogP contribution in [0.1, 0.15) is 24.5 Å². The van der Waals surface area contributed by atoms with Crippen molar-refractivity contribution in [1.29, 1.82) is 0 Å². The van der Waals surface area contributed by atoms with Crippen molar-refractivity contribution in [2.45, 2.75) is 44.0 Å². The molecule has 0 aliphatic carbocycles. The van der Waals surface area contributed by atoms with E-state index in [0.29, 0.717) is 0 Å². The van der Waals surface area contributed by atoms with Gasteiger partial charge in [0.15, 0.2) is 6.29 Å². The third kappa shape index (κ3) is 3.65. The fourth-order valence-corrected chi connectivity index (χ4v) is 4.32. The molecule has 2 heterocycles. The Morgan fingerprint density at radius 2 is 1.47 bits per heavy atom. The second-order valence-corrected chi connectivity index (χ2v) is 8.04. The summed E-state index contributed by atoms with van der Waals surface area (Å²) in [6, 6.07) is 18.1. The number of benzene rings is 2. The van der Waals surface area contributed by atoms with Gasteiger partial charge in [0.1, 0.15) is 18.8 Å². The minimum Gasteiger partial charge on any atom is -0.459 e. The lowest BCUT2D eigenvalue weighted by molar-refractivity contribution is -0.201. The van der Waals surface area contributed by atoms with E-state index in [9.17, 15) is 14.4 Å². The summed E-state index contributed by atoms with van der Waals surface area (Å²) in [4.78, 5) is 39.7. The Morgan fingerprint density at radius 1 is 0.969 bits per heavy atom. The number of carbonyl (C=O) groups is 3. The summed E-state index contributed by atoms with van der Waals surface area (Å²) in [5, 5.41) is 2.56. The van der Waals surface area contributed by atoms with E-state index in [1.807, 2.05) is 36.4 Å². The number of esters is 2. The molecule has 0 radical (unpaired) electrons. The van der Waals surface area contributed by atoms with Crippen LogP contribution in [0.4, 0.5) is 0 Å². The molecule has 2 saturated heterocycles. The monoisotopic (exact) mass is 439 g/mol. The van der Waals surface area contributed by atoms with E-state index in [4.69, 9.17) is 18.9 Å². The van der Waals surface area contributed by atoms with E-state index in [1.165, 1.54) is 7.11 Å². The van der Waals surface area contributed by atoms with Crippen LogP contribution in [-0.2, 0) is 46.5 Å². The molecule has 0 bridgehead atoms. The fourth-order valence-electron chi connectivity index (χ4n) is 4.32. The lowest BCUT2D eigenvalue weighted by atomic mass is 9.76. The highest BCUT2D eigenvalue weighted by Gasteiger charge is 2.75. The molecule has 0 aromatic heterocycles. The van der Waals surface area contributed by atoms with E-state index < -0.39 is 41.2 Å². The number of fused-ring (bicyclic) bond motifs is 1. The molecule has 0 unspecified atom stereocenters. The van der Waals surface area contributed by atoms with Crippen LogP contribution in [0.15, 0.2) is 60.7 Å². The molecule has 4 rings (SSSR count). The number of hydrogen-bond acceptors (Lipinski definition) is 7. The van der Waals surface area contributed by atoms with Crippen LogP contribution in [0.25, 0.3) is 0 Å². The Balaban J connectivity index is 1.63. The average Bonchev–Trinajstić information content (AvgIpc) is 3.28. The first kappa shape index (κ1) is 22.0. The maximum Gasteiger partial charge on any atom is 0.347 e. The van der Waals surface area contributed by atoms with Gasteiger partial charge in [-0.25, -0.2) is 9.59 Å². The van der Waals surface area contributed by atoms with Crippen LogP contribution in [0.5, 0.6) is 0 Å². The van der Waals surface area contributed by atoms with Crippen molar-refractivity contribution in [3.8, 4) is 0 Å². The number of methoxy groups -OCH3 is 1. The van der Waals surface area contributed by atoms with Gasteiger partial charge in [-0.15, -0.1) is 0 Å². The van der Waals surface area contributed by atoms with Gasteiger partial charge in [-0.3, -0.25) is 4.79 Å². The number of nitrogens with one attached hydrogen (secondary N) is 1. The Hall–Kier alpha value is -3.23. The molecular weight excluding hydrogens is 414 g/mol. The lowest BCUT2D eigenvalue weighted by Crippen LogP contribution is -2.68. The van der Waals surface area contributed by atoms with E-state index in [-0.39, 0.29) is 19.6 Å². The predicted molar refractivity (Wildman–Crippen MR) is 112 cm³/mol. The summed E-state index contributed by atoms with van der Waals surface area (Å²) >= 11 is 0. The number of amides is 1. The molecule has 0 spiro atoms. The Labute approximate surface area is 185 Å². The molecule has 2 fully saturated rings. The largest absolute Gasteiger partial charge is 0.459 e. The van der Waals surface area contributed by atoms with E-state index in [1.54, 1.807) is 31.2 Å². The molecule has 168 valence electrons. The molecule has 8 heteroatoms. The smallest absolute Gasteiger partial charge is 0.347 e. The number of ether oxygens (including phenoxy) is 4. The SMILES string of the molecule is CO[C@@H]1C[C@H]2C(=O)NC(C(=O)OCc3ccccc3)(C(=O)OCc3ccccc3)[C@@]2(C)O1. The molecule has 2 aromatic carbocycles. The standard InChI is InChI=1S/C24H25NO7/c1-23-18(13-19(29-2)32-23)20(26)25-24(23,21(27)30-14-16-9-5-3-6-10-16)22(28)31-15-17-11-7-4-8-12-17/h3-12,18-19H,13-15H2,1-2H3,(H,25,26)/t18-,19-,23-/m0/s1. The van der Waals surface area contributed by atoms with Crippen LogP contribution in [-0.4, -0.2) is 42.4 Å². The van der Waals surface area contributed by atoms with Crippen molar-refractivity contribution in [2.24, 2.45) is 5.92 Å². The van der Waals surface area contributed by atoms with Crippen LogP contribution in [0.3, 0.4) is 0 Å². The second kappa shape index (κ2) is 8.72. The zero-order chi connectivity index (χ0) is 22.8. The average molecular weight is 439 g/mol. The maximum atomic E-state index is 13.4. The number of hydrogen-bond donors (Lipinski definition) is 1.